The Hall–Kier alpha value is -2.59. The second kappa shape index (κ2) is 10.8. The Labute approximate surface area is 208 Å². The predicted octanol–water partition coefficient (Wildman–Crippen LogP) is 4.46. The zero-order valence-electron chi connectivity index (χ0n) is 18.6. The molecule has 1 saturated heterocycles. The number of hydrogen-bond acceptors (Lipinski definition) is 6. The molecule has 0 unspecified atom stereocenters. The highest BCUT2D eigenvalue weighted by Crippen LogP contribution is 2.32. The molecule has 0 radical (unpaired) electrons. The van der Waals surface area contributed by atoms with E-state index in [1.54, 1.807) is 13.2 Å². The molecule has 0 bridgehead atoms. The van der Waals surface area contributed by atoms with Gasteiger partial charge in [0, 0.05) is 19.2 Å². The number of sulfonamides is 1. The molecule has 1 atom stereocenters. The predicted molar refractivity (Wildman–Crippen MR) is 132 cm³/mol. The Morgan fingerprint density at radius 1 is 1.12 bits per heavy atom. The van der Waals surface area contributed by atoms with Crippen molar-refractivity contribution in [2.24, 2.45) is 0 Å². The van der Waals surface area contributed by atoms with Gasteiger partial charge in [0.15, 0.2) is 0 Å². The highest BCUT2D eigenvalue weighted by molar-refractivity contribution is 7.91. The van der Waals surface area contributed by atoms with Crippen LogP contribution < -0.4 is 14.8 Å². The number of methoxy groups -OCH3 is 1. The number of nitrogens with zero attached hydrogens (tertiary/aromatic N) is 1. The summed E-state index contributed by atoms with van der Waals surface area (Å²) in [6.45, 7) is 1.03. The van der Waals surface area contributed by atoms with E-state index in [2.05, 4.69) is 5.32 Å². The Morgan fingerprint density at radius 3 is 2.56 bits per heavy atom. The maximum absolute atomic E-state index is 13.0. The lowest BCUT2D eigenvalue weighted by atomic mass is 10.1. The number of halogens is 1. The molecule has 1 amide bonds. The van der Waals surface area contributed by atoms with Gasteiger partial charge in [0.05, 0.1) is 11.4 Å². The van der Waals surface area contributed by atoms with Gasteiger partial charge < -0.3 is 14.8 Å². The SMILES string of the molecule is COc1cccc(OCc2ccc(CNC(=O)[C@@H]3CCCN3S(=O)(=O)c3ccc(Cl)s3)cc2)c1. The molecule has 1 aromatic heterocycles. The van der Waals surface area contributed by atoms with Crippen LogP contribution in [0.5, 0.6) is 11.5 Å². The summed E-state index contributed by atoms with van der Waals surface area (Å²) in [6.07, 6.45) is 1.13. The number of hydrogen-bond donors (Lipinski definition) is 1. The van der Waals surface area contributed by atoms with Crippen molar-refractivity contribution >= 4 is 38.9 Å². The first-order chi connectivity index (χ1) is 16.4. The van der Waals surface area contributed by atoms with Crippen molar-refractivity contribution in [3.05, 3.63) is 76.1 Å². The lowest BCUT2D eigenvalue weighted by Crippen LogP contribution is -2.45. The summed E-state index contributed by atoms with van der Waals surface area (Å²) in [5.74, 6) is 1.15. The molecule has 34 heavy (non-hydrogen) atoms. The molecule has 10 heteroatoms. The normalized spacial score (nSPS) is 16.4. The molecule has 7 nitrogen and oxygen atoms in total. The number of ether oxygens (including phenoxy) is 2. The van der Waals surface area contributed by atoms with Crippen molar-refractivity contribution in [2.45, 2.75) is 36.2 Å². The largest absolute Gasteiger partial charge is 0.497 e. The fourth-order valence-electron chi connectivity index (χ4n) is 3.76. The van der Waals surface area contributed by atoms with Gasteiger partial charge in [-0.1, -0.05) is 41.9 Å². The van der Waals surface area contributed by atoms with Gasteiger partial charge in [-0.25, -0.2) is 8.42 Å². The highest BCUT2D eigenvalue weighted by Gasteiger charge is 2.39. The van der Waals surface area contributed by atoms with Gasteiger partial charge in [0.25, 0.3) is 10.0 Å². The maximum atomic E-state index is 13.0. The van der Waals surface area contributed by atoms with Crippen LogP contribution in [0.2, 0.25) is 4.34 Å². The van der Waals surface area contributed by atoms with E-state index in [9.17, 15) is 13.2 Å². The topological polar surface area (TPSA) is 84.9 Å². The minimum Gasteiger partial charge on any atom is -0.497 e. The van der Waals surface area contributed by atoms with E-state index >= 15 is 0 Å². The van der Waals surface area contributed by atoms with Crippen LogP contribution in [0, 0.1) is 0 Å². The van der Waals surface area contributed by atoms with E-state index < -0.39 is 16.1 Å². The summed E-state index contributed by atoms with van der Waals surface area (Å²) in [5, 5.41) is 2.88. The van der Waals surface area contributed by atoms with Crippen LogP contribution in [-0.2, 0) is 28.0 Å². The molecule has 0 spiro atoms. The van der Waals surface area contributed by atoms with E-state index in [0.29, 0.717) is 36.9 Å². The molecule has 1 aliphatic heterocycles. The fourth-order valence-corrected chi connectivity index (χ4v) is 7.03. The van der Waals surface area contributed by atoms with E-state index in [0.717, 1.165) is 34.0 Å². The molecule has 4 rings (SSSR count). The van der Waals surface area contributed by atoms with Crippen LogP contribution in [0.4, 0.5) is 0 Å². The van der Waals surface area contributed by atoms with Crippen molar-refractivity contribution in [3.63, 3.8) is 0 Å². The first-order valence-electron chi connectivity index (χ1n) is 10.8. The summed E-state index contributed by atoms with van der Waals surface area (Å²) in [4.78, 5) is 12.8. The highest BCUT2D eigenvalue weighted by atomic mass is 35.5. The van der Waals surface area contributed by atoms with Crippen molar-refractivity contribution in [3.8, 4) is 11.5 Å². The number of thiophene rings is 1. The van der Waals surface area contributed by atoms with E-state index in [1.165, 1.54) is 10.4 Å². The second-order valence-corrected chi connectivity index (χ2v) is 11.7. The van der Waals surface area contributed by atoms with Gasteiger partial charge >= 0.3 is 0 Å². The van der Waals surface area contributed by atoms with Gasteiger partial charge in [-0.2, -0.15) is 4.31 Å². The molecule has 2 aromatic carbocycles. The van der Waals surface area contributed by atoms with Gasteiger partial charge in [-0.3, -0.25) is 4.79 Å². The van der Waals surface area contributed by atoms with Crippen molar-refractivity contribution in [2.75, 3.05) is 13.7 Å². The Bertz CT molecular complexity index is 1240. The molecule has 0 saturated carbocycles. The lowest BCUT2D eigenvalue weighted by Gasteiger charge is -2.22. The summed E-state index contributed by atoms with van der Waals surface area (Å²) >= 11 is 6.91. The van der Waals surface area contributed by atoms with Crippen LogP contribution in [-0.4, -0.2) is 38.3 Å². The molecule has 3 aromatic rings. The molecular weight excluding hydrogens is 496 g/mol. The standard InChI is InChI=1S/C24H25ClN2O5S2/c1-31-19-4-2-5-20(14-19)32-16-18-9-7-17(8-10-18)15-26-24(28)21-6-3-13-27(21)34(29,30)23-12-11-22(25)33-23/h2,4-5,7-12,14,21H,3,6,13,15-16H2,1H3,(H,26,28)/t21-/m0/s1. The van der Waals surface area contributed by atoms with Gasteiger partial charge in [0.1, 0.15) is 28.4 Å². The summed E-state index contributed by atoms with van der Waals surface area (Å²) in [5.41, 5.74) is 1.90. The third-order valence-corrected chi connectivity index (χ3v) is 9.16. The molecular formula is C24H25ClN2O5S2. The Morgan fingerprint density at radius 2 is 1.85 bits per heavy atom. The van der Waals surface area contributed by atoms with Crippen LogP contribution in [0.3, 0.4) is 0 Å². The van der Waals surface area contributed by atoms with Crippen LogP contribution >= 0.6 is 22.9 Å². The number of benzene rings is 2. The fraction of sp³-hybridized carbons (Fsp3) is 0.292. The smallest absolute Gasteiger partial charge is 0.253 e. The molecule has 180 valence electrons. The summed E-state index contributed by atoms with van der Waals surface area (Å²) in [6, 6.07) is 17.4. The molecule has 2 heterocycles. The third kappa shape index (κ3) is 5.72. The second-order valence-electron chi connectivity index (χ2n) is 7.83. The van der Waals surface area contributed by atoms with E-state index in [1.807, 2.05) is 48.5 Å². The molecule has 0 aliphatic carbocycles. The van der Waals surface area contributed by atoms with Crippen molar-refractivity contribution in [1.82, 2.24) is 9.62 Å². The summed E-state index contributed by atoms with van der Waals surface area (Å²) < 4.78 is 38.7. The minimum atomic E-state index is -3.75. The number of rotatable bonds is 9. The average Bonchev–Trinajstić information content (AvgIpc) is 3.52. The lowest BCUT2D eigenvalue weighted by molar-refractivity contribution is -0.124. The summed E-state index contributed by atoms with van der Waals surface area (Å²) in [7, 11) is -2.14. The first kappa shape index (κ1) is 24.5. The monoisotopic (exact) mass is 520 g/mol. The van der Waals surface area contributed by atoms with Crippen molar-refractivity contribution < 1.29 is 22.7 Å². The van der Waals surface area contributed by atoms with Crippen LogP contribution in [0.25, 0.3) is 0 Å². The number of carbonyl (C=O) groups excluding carboxylic acids is 1. The number of amides is 1. The van der Waals surface area contributed by atoms with Gasteiger partial charge in [0.2, 0.25) is 5.91 Å². The van der Waals surface area contributed by atoms with E-state index in [-0.39, 0.29) is 10.1 Å². The quantitative estimate of drug-likeness (QED) is 0.450. The van der Waals surface area contributed by atoms with Gasteiger partial charge in [-0.15, -0.1) is 11.3 Å². The third-order valence-electron chi connectivity index (χ3n) is 5.55. The molecule has 1 fully saturated rings. The van der Waals surface area contributed by atoms with Crippen LogP contribution in [0.15, 0.2) is 64.9 Å². The van der Waals surface area contributed by atoms with E-state index in [4.69, 9.17) is 21.1 Å². The zero-order chi connectivity index (χ0) is 24.1. The van der Waals surface area contributed by atoms with Crippen molar-refractivity contribution in [1.29, 1.82) is 0 Å². The minimum absolute atomic E-state index is 0.156. The number of nitrogens with one attached hydrogen (secondary N) is 1. The maximum Gasteiger partial charge on any atom is 0.253 e. The Balaban J connectivity index is 1.31. The zero-order valence-corrected chi connectivity index (χ0v) is 21.0. The van der Waals surface area contributed by atoms with Crippen LogP contribution in [0.1, 0.15) is 24.0 Å². The first-order valence-corrected chi connectivity index (χ1v) is 13.4. The molecule has 1 N–H and O–H groups in total. The Kier molecular flexibility index (Phi) is 7.77. The number of carbonyl (C=O) groups is 1. The molecule has 1 aliphatic rings. The van der Waals surface area contributed by atoms with Gasteiger partial charge in [-0.05, 0) is 48.2 Å². The average molecular weight is 521 g/mol.